The number of aliphatic hydroxyl groups excluding tert-OH is 1. The molecule has 4 heteroatoms. The van der Waals surface area contributed by atoms with Crippen molar-refractivity contribution in [2.45, 2.75) is 13.3 Å². The minimum absolute atomic E-state index is 0.00676. The van der Waals surface area contributed by atoms with Gasteiger partial charge in [0.1, 0.15) is 16.9 Å². The van der Waals surface area contributed by atoms with E-state index in [2.05, 4.69) is 0 Å². The summed E-state index contributed by atoms with van der Waals surface area (Å²) in [7, 11) is 0. The van der Waals surface area contributed by atoms with Crippen LogP contribution >= 0.6 is 11.6 Å². The molecular formula is C23H15ClO3. The van der Waals surface area contributed by atoms with Gasteiger partial charge in [-0.1, -0.05) is 42.8 Å². The second-order valence-electron chi connectivity index (χ2n) is 6.70. The number of hydrogen-bond donors (Lipinski definition) is 1. The van der Waals surface area contributed by atoms with Crippen molar-refractivity contribution < 1.29 is 14.3 Å². The van der Waals surface area contributed by atoms with Gasteiger partial charge in [-0.05, 0) is 59.0 Å². The Bertz CT molecular complexity index is 1230. The number of Topliss-reactive ketones (excluding diaryl/α,β-unsaturated/α-hetero) is 1. The second-order valence-corrected chi connectivity index (χ2v) is 7.14. The highest BCUT2D eigenvalue weighted by Gasteiger charge is 2.37. The van der Waals surface area contributed by atoms with E-state index in [0.29, 0.717) is 32.9 Å². The normalized spacial score (nSPS) is 13.8. The Labute approximate surface area is 160 Å². The number of allylic oxidation sites excluding steroid dienone is 1. The molecule has 0 atom stereocenters. The van der Waals surface area contributed by atoms with Crippen LogP contribution in [0.25, 0.3) is 33.6 Å². The molecule has 2 aromatic heterocycles. The molecule has 2 aromatic carbocycles. The van der Waals surface area contributed by atoms with Crippen LogP contribution in [0.15, 0.2) is 59.0 Å². The van der Waals surface area contributed by atoms with Gasteiger partial charge in [-0.25, -0.2) is 0 Å². The summed E-state index contributed by atoms with van der Waals surface area (Å²) in [6, 6.07) is 17.1. The first-order valence-electron chi connectivity index (χ1n) is 8.81. The SMILES string of the molecule is CCc1ccc(-c2ccc(Cl)cc2)cc1C1=C(O)c2c(c3ccc2o3)C1=O. The van der Waals surface area contributed by atoms with Crippen LogP contribution in [0, 0.1) is 0 Å². The highest BCUT2D eigenvalue weighted by molar-refractivity contribution is 6.42. The van der Waals surface area contributed by atoms with Crippen molar-refractivity contribution in [2.24, 2.45) is 0 Å². The maximum atomic E-state index is 13.1. The van der Waals surface area contributed by atoms with E-state index in [9.17, 15) is 9.90 Å². The molecular weight excluding hydrogens is 360 g/mol. The molecule has 1 aliphatic rings. The van der Waals surface area contributed by atoms with E-state index in [-0.39, 0.29) is 11.5 Å². The number of aryl methyl sites for hydroxylation is 1. The zero-order valence-electron chi connectivity index (χ0n) is 14.5. The van der Waals surface area contributed by atoms with Crippen LogP contribution in [0.1, 0.15) is 34.0 Å². The van der Waals surface area contributed by atoms with E-state index in [1.807, 2.05) is 49.4 Å². The average Bonchev–Trinajstić information content (AvgIpc) is 3.36. The lowest BCUT2D eigenvalue weighted by molar-refractivity contribution is 0.106. The standard InChI is InChI=1S/C23H15ClO3/c1-2-12-3-4-14(13-5-7-15(24)8-6-13)11-16(12)19-22(25)20-17-9-10-18(27-17)21(20)23(19)26/h3-11,25H,2H2,1H3. The van der Waals surface area contributed by atoms with Gasteiger partial charge in [0.25, 0.3) is 0 Å². The minimum Gasteiger partial charge on any atom is -0.506 e. The van der Waals surface area contributed by atoms with Crippen molar-refractivity contribution in [3.63, 3.8) is 0 Å². The maximum absolute atomic E-state index is 13.1. The average molecular weight is 375 g/mol. The third-order valence-electron chi connectivity index (χ3n) is 5.21. The molecule has 0 unspecified atom stereocenters. The first kappa shape index (κ1) is 16.2. The summed E-state index contributed by atoms with van der Waals surface area (Å²) in [5, 5.41) is 11.5. The van der Waals surface area contributed by atoms with Gasteiger partial charge in [-0.2, -0.15) is 0 Å². The number of fused-ring (bicyclic) bond motifs is 5. The van der Waals surface area contributed by atoms with E-state index >= 15 is 0 Å². The van der Waals surface area contributed by atoms with E-state index in [4.69, 9.17) is 16.0 Å². The molecule has 0 saturated carbocycles. The first-order chi connectivity index (χ1) is 13.1. The van der Waals surface area contributed by atoms with Crippen molar-refractivity contribution >= 4 is 39.9 Å². The number of hydrogen-bond acceptors (Lipinski definition) is 3. The van der Waals surface area contributed by atoms with E-state index < -0.39 is 0 Å². The summed E-state index contributed by atoms with van der Waals surface area (Å²) in [6.45, 7) is 2.04. The molecule has 0 saturated heterocycles. The van der Waals surface area contributed by atoms with Gasteiger partial charge in [0, 0.05) is 5.02 Å². The largest absolute Gasteiger partial charge is 0.506 e. The molecule has 0 aliphatic heterocycles. The fraction of sp³-hybridized carbons (Fsp3) is 0.0870. The van der Waals surface area contributed by atoms with Crippen molar-refractivity contribution in [3.8, 4) is 11.1 Å². The Morgan fingerprint density at radius 2 is 1.59 bits per heavy atom. The Hall–Kier alpha value is -3.04. The Morgan fingerprint density at radius 3 is 2.26 bits per heavy atom. The first-order valence-corrected chi connectivity index (χ1v) is 9.18. The van der Waals surface area contributed by atoms with E-state index in [0.717, 1.165) is 28.7 Å². The van der Waals surface area contributed by atoms with Crippen LogP contribution in [0.3, 0.4) is 0 Å². The zero-order valence-corrected chi connectivity index (χ0v) is 15.3. The molecule has 0 radical (unpaired) electrons. The minimum atomic E-state index is -0.181. The molecule has 5 rings (SSSR count). The number of carbonyl (C=O) groups excluding carboxylic acids is 1. The number of ketones is 1. The summed E-state index contributed by atoms with van der Waals surface area (Å²) in [6.07, 6.45) is 0.757. The summed E-state index contributed by atoms with van der Waals surface area (Å²) in [4.78, 5) is 13.1. The number of benzene rings is 3. The van der Waals surface area contributed by atoms with Gasteiger partial charge in [0.05, 0.1) is 16.7 Å². The van der Waals surface area contributed by atoms with Crippen LogP contribution in [-0.4, -0.2) is 10.9 Å². The highest BCUT2D eigenvalue weighted by atomic mass is 35.5. The van der Waals surface area contributed by atoms with Gasteiger partial charge in [-0.3, -0.25) is 4.79 Å². The van der Waals surface area contributed by atoms with Crippen molar-refractivity contribution in [1.29, 1.82) is 0 Å². The van der Waals surface area contributed by atoms with Crippen molar-refractivity contribution in [2.75, 3.05) is 0 Å². The van der Waals surface area contributed by atoms with Crippen molar-refractivity contribution in [3.05, 3.63) is 81.9 Å². The molecule has 0 amide bonds. The molecule has 1 aliphatic carbocycles. The lowest BCUT2D eigenvalue weighted by Crippen LogP contribution is -2.02. The lowest BCUT2D eigenvalue weighted by atomic mass is 9.91. The summed E-state index contributed by atoms with van der Waals surface area (Å²) in [5.41, 5.74) is 6.17. The Morgan fingerprint density at radius 1 is 0.926 bits per heavy atom. The molecule has 0 fully saturated rings. The summed E-state index contributed by atoms with van der Waals surface area (Å²) >= 11 is 5.99. The van der Waals surface area contributed by atoms with E-state index in [1.54, 1.807) is 12.1 Å². The van der Waals surface area contributed by atoms with Gasteiger partial charge in [-0.15, -0.1) is 0 Å². The maximum Gasteiger partial charge on any atom is 0.202 e. The van der Waals surface area contributed by atoms with Crippen LogP contribution in [0.4, 0.5) is 0 Å². The Kier molecular flexibility index (Phi) is 3.43. The fourth-order valence-electron chi connectivity index (χ4n) is 3.86. The van der Waals surface area contributed by atoms with Gasteiger partial charge >= 0.3 is 0 Å². The topological polar surface area (TPSA) is 50.4 Å². The number of rotatable bonds is 3. The second kappa shape index (κ2) is 5.73. The molecule has 0 spiro atoms. The quantitative estimate of drug-likeness (QED) is 0.453. The van der Waals surface area contributed by atoms with E-state index in [1.165, 1.54) is 0 Å². The zero-order chi connectivity index (χ0) is 18.7. The van der Waals surface area contributed by atoms with Crippen LogP contribution in [-0.2, 0) is 6.42 Å². The molecule has 27 heavy (non-hydrogen) atoms. The monoisotopic (exact) mass is 374 g/mol. The number of aliphatic hydroxyl groups is 1. The van der Waals surface area contributed by atoms with Gasteiger partial charge in [0.2, 0.25) is 5.78 Å². The predicted molar refractivity (Wildman–Crippen MR) is 107 cm³/mol. The van der Waals surface area contributed by atoms with Crippen LogP contribution in [0.5, 0.6) is 0 Å². The molecule has 4 aromatic rings. The molecule has 2 heterocycles. The lowest BCUT2D eigenvalue weighted by Gasteiger charge is -2.12. The van der Waals surface area contributed by atoms with Gasteiger partial charge < -0.3 is 9.52 Å². The molecule has 1 N–H and O–H groups in total. The molecule has 3 nitrogen and oxygen atoms in total. The van der Waals surface area contributed by atoms with Crippen LogP contribution in [0.2, 0.25) is 5.02 Å². The Balaban J connectivity index is 1.70. The van der Waals surface area contributed by atoms with Crippen molar-refractivity contribution in [1.82, 2.24) is 0 Å². The predicted octanol–water partition coefficient (Wildman–Crippen LogP) is 6.38. The number of furan rings is 2. The number of carbonyl (C=O) groups is 1. The third-order valence-corrected chi connectivity index (χ3v) is 5.47. The smallest absolute Gasteiger partial charge is 0.202 e. The van der Waals surface area contributed by atoms with Gasteiger partial charge in [0.15, 0.2) is 0 Å². The molecule has 2 bridgehead atoms. The third kappa shape index (κ3) is 2.25. The number of halogens is 1. The fourth-order valence-corrected chi connectivity index (χ4v) is 3.99. The molecule has 132 valence electrons. The summed E-state index contributed by atoms with van der Waals surface area (Å²) < 4.78 is 5.55. The van der Waals surface area contributed by atoms with Crippen LogP contribution < -0.4 is 0 Å². The highest BCUT2D eigenvalue weighted by Crippen LogP contribution is 2.45. The summed E-state index contributed by atoms with van der Waals surface area (Å²) in [5.74, 6) is -0.174.